The van der Waals surface area contributed by atoms with E-state index in [0.29, 0.717) is 5.02 Å². The van der Waals surface area contributed by atoms with Crippen LogP contribution in [0.1, 0.15) is 24.8 Å². The van der Waals surface area contributed by atoms with Gasteiger partial charge in [-0.2, -0.15) is 0 Å². The van der Waals surface area contributed by atoms with Crippen molar-refractivity contribution in [2.75, 3.05) is 20.4 Å². The van der Waals surface area contributed by atoms with Crippen LogP contribution in [0.25, 0.3) is 10.9 Å². The number of hydrogen-bond acceptors (Lipinski definition) is 4. The molecule has 1 atom stereocenters. The van der Waals surface area contributed by atoms with Crippen LogP contribution in [0, 0.1) is 0 Å². The third kappa shape index (κ3) is 3.79. The lowest BCUT2D eigenvalue weighted by atomic mass is 9.96. The summed E-state index contributed by atoms with van der Waals surface area (Å²) in [6, 6.07) is 5.59. The average molecular weight is 344 g/mol. The van der Waals surface area contributed by atoms with Gasteiger partial charge in [-0.3, -0.25) is 9.36 Å². The smallest absolute Gasteiger partial charge is 0.337 e. The number of nitrogens with one attached hydrogen (secondary N) is 1. The molecule has 0 fully saturated rings. The molecule has 22 heavy (non-hydrogen) atoms. The molecule has 0 radical (unpaired) electrons. The summed E-state index contributed by atoms with van der Waals surface area (Å²) in [7, 11) is -0.744. The highest BCUT2D eigenvalue weighted by Crippen LogP contribution is 2.46. The van der Waals surface area contributed by atoms with Gasteiger partial charge in [0.05, 0.1) is 0 Å². The number of halogens is 1. The number of carbonyl (C=O) groups excluding carboxylic acids is 1. The molecule has 0 aliphatic rings. The van der Waals surface area contributed by atoms with Crippen molar-refractivity contribution in [2.45, 2.75) is 19.3 Å². The van der Waals surface area contributed by atoms with Gasteiger partial charge in [-0.1, -0.05) is 18.5 Å². The summed E-state index contributed by atoms with van der Waals surface area (Å²) in [4.78, 5) is 15.3. The molecular weight excluding hydrogens is 325 g/mol. The molecule has 0 amide bonds. The Hall–Kier alpha value is -1.13. The normalized spacial score (nSPS) is 13.5. The zero-order valence-electron chi connectivity index (χ0n) is 12.8. The second kappa shape index (κ2) is 6.97. The second-order valence-corrected chi connectivity index (χ2v) is 7.92. The Labute approximate surface area is 134 Å². The topological polar surface area (TPSA) is 68.4 Å². The average Bonchev–Trinajstić information content (AvgIpc) is 2.89. The number of fused-ring (bicyclic) bond motifs is 1. The first-order chi connectivity index (χ1) is 10.4. The van der Waals surface area contributed by atoms with Crippen LogP contribution in [-0.4, -0.2) is 31.1 Å². The zero-order valence-corrected chi connectivity index (χ0v) is 14.4. The number of aromatic nitrogens is 1. The first-order valence-electron chi connectivity index (χ1n) is 6.87. The Balaban J connectivity index is 2.14. The molecule has 1 N–H and O–H groups in total. The SMILES string of the molecule is COP(=O)(CC(=O)CC(C)c1c[nH]c2ccc(Cl)cc12)OC. The van der Waals surface area contributed by atoms with Crippen LogP contribution < -0.4 is 0 Å². The Morgan fingerprint density at radius 2 is 2.05 bits per heavy atom. The van der Waals surface area contributed by atoms with Crippen LogP contribution in [0.5, 0.6) is 0 Å². The van der Waals surface area contributed by atoms with Crippen molar-refractivity contribution >= 4 is 35.9 Å². The van der Waals surface area contributed by atoms with Crippen LogP contribution in [-0.2, 0) is 18.4 Å². The van der Waals surface area contributed by atoms with Crippen molar-refractivity contribution in [2.24, 2.45) is 0 Å². The molecule has 0 saturated heterocycles. The summed E-state index contributed by atoms with van der Waals surface area (Å²) in [6.07, 6.45) is 1.93. The molecule has 7 heteroatoms. The Kier molecular flexibility index (Phi) is 5.45. The maximum absolute atomic E-state index is 12.1. The maximum Gasteiger partial charge on any atom is 0.337 e. The minimum Gasteiger partial charge on any atom is -0.361 e. The van der Waals surface area contributed by atoms with Gasteiger partial charge in [0, 0.05) is 42.8 Å². The molecule has 2 aromatic rings. The highest BCUT2D eigenvalue weighted by molar-refractivity contribution is 7.54. The number of H-pyrrole nitrogens is 1. The minimum atomic E-state index is -3.30. The number of rotatable bonds is 7. The van der Waals surface area contributed by atoms with Crippen LogP contribution in [0.4, 0.5) is 0 Å². The molecule has 1 aromatic carbocycles. The summed E-state index contributed by atoms with van der Waals surface area (Å²) in [5, 5.41) is 1.64. The molecule has 1 unspecified atom stereocenters. The quantitative estimate of drug-likeness (QED) is 0.758. The molecule has 0 spiro atoms. The zero-order chi connectivity index (χ0) is 16.3. The van der Waals surface area contributed by atoms with E-state index in [4.69, 9.17) is 20.6 Å². The van der Waals surface area contributed by atoms with Gasteiger partial charge in [-0.05, 0) is 29.7 Å². The number of hydrogen-bond donors (Lipinski definition) is 1. The number of benzene rings is 1. The summed E-state index contributed by atoms with van der Waals surface area (Å²) in [6.45, 7) is 1.95. The molecular formula is C15H19ClNO4P. The lowest BCUT2D eigenvalue weighted by molar-refractivity contribution is -0.117. The first kappa shape index (κ1) is 17.2. The van der Waals surface area contributed by atoms with E-state index in [-0.39, 0.29) is 24.3 Å². The summed E-state index contributed by atoms with van der Waals surface area (Å²) >= 11 is 6.03. The standard InChI is InChI=1S/C15H19ClNO4P/c1-10(6-12(18)9-22(19,20-2)21-3)14-8-17-15-5-4-11(16)7-13(14)15/h4-5,7-8,10,17H,6,9H2,1-3H3. The monoisotopic (exact) mass is 343 g/mol. The van der Waals surface area contributed by atoms with Crippen LogP contribution in [0.15, 0.2) is 24.4 Å². The molecule has 120 valence electrons. The fraction of sp³-hybridized carbons (Fsp3) is 0.400. The molecule has 2 rings (SSSR count). The van der Waals surface area contributed by atoms with Gasteiger partial charge >= 0.3 is 7.60 Å². The Morgan fingerprint density at radius 3 is 2.68 bits per heavy atom. The molecule has 0 saturated carbocycles. The van der Waals surface area contributed by atoms with E-state index in [1.165, 1.54) is 14.2 Å². The Bertz CT molecular complexity index is 719. The molecule has 1 heterocycles. The van der Waals surface area contributed by atoms with Crippen molar-refractivity contribution in [1.29, 1.82) is 0 Å². The van der Waals surface area contributed by atoms with Crippen molar-refractivity contribution in [1.82, 2.24) is 4.98 Å². The maximum atomic E-state index is 12.1. The van der Waals surface area contributed by atoms with Gasteiger partial charge in [-0.25, -0.2) is 0 Å². The second-order valence-electron chi connectivity index (χ2n) is 5.21. The third-order valence-electron chi connectivity index (χ3n) is 3.67. The summed E-state index contributed by atoms with van der Waals surface area (Å²) in [5.41, 5.74) is 1.98. The number of Topliss-reactive ketones (excluding diaryl/α,β-unsaturated/α-hetero) is 1. The van der Waals surface area contributed by atoms with Gasteiger partial charge in [0.15, 0.2) is 0 Å². The van der Waals surface area contributed by atoms with Crippen LogP contribution >= 0.6 is 19.2 Å². The van der Waals surface area contributed by atoms with Gasteiger partial charge in [-0.15, -0.1) is 0 Å². The van der Waals surface area contributed by atoms with E-state index in [1.54, 1.807) is 0 Å². The lowest BCUT2D eigenvalue weighted by Crippen LogP contribution is -2.11. The first-order valence-corrected chi connectivity index (χ1v) is 8.98. The predicted octanol–water partition coefficient (Wildman–Crippen LogP) is 4.37. The number of ketones is 1. The predicted molar refractivity (Wildman–Crippen MR) is 87.8 cm³/mol. The van der Waals surface area contributed by atoms with E-state index < -0.39 is 7.60 Å². The molecule has 0 aliphatic heterocycles. The highest BCUT2D eigenvalue weighted by Gasteiger charge is 2.26. The molecule has 1 aromatic heterocycles. The molecule has 5 nitrogen and oxygen atoms in total. The van der Waals surface area contributed by atoms with Gasteiger partial charge in [0.25, 0.3) is 0 Å². The van der Waals surface area contributed by atoms with Crippen LogP contribution in [0.3, 0.4) is 0 Å². The van der Waals surface area contributed by atoms with Gasteiger partial charge in [0.2, 0.25) is 0 Å². The van der Waals surface area contributed by atoms with Gasteiger partial charge in [0.1, 0.15) is 11.9 Å². The summed E-state index contributed by atoms with van der Waals surface area (Å²) < 4.78 is 21.6. The molecule has 0 bridgehead atoms. The Morgan fingerprint density at radius 1 is 1.36 bits per heavy atom. The number of aromatic amines is 1. The van der Waals surface area contributed by atoms with Crippen molar-refractivity contribution in [3.05, 3.63) is 35.0 Å². The van der Waals surface area contributed by atoms with Gasteiger partial charge < -0.3 is 14.0 Å². The lowest BCUT2D eigenvalue weighted by Gasteiger charge is -2.14. The van der Waals surface area contributed by atoms with E-state index >= 15 is 0 Å². The minimum absolute atomic E-state index is 0.0260. The third-order valence-corrected chi connectivity index (χ3v) is 5.75. The molecule has 0 aliphatic carbocycles. The van der Waals surface area contributed by atoms with Crippen LogP contribution in [0.2, 0.25) is 5.02 Å². The van der Waals surface area contributed by atoms with E-state index in [2.05, 4.69) is 4.98 Å². The van der Waals surface area contributed by atoms with E-state index in [9.17, 15) is 9.36 Å². The van der Waals surface area contributed by atoms with Crippen molar-refractivity contribution < 1.29 is 18.4 Å². The van der Waals surface area contributed by atoms with E-state index in [0.717, 1.165) is 16.5 Å². The van der Waals surface area contributed by atoms with E-state index in [1.807, 2.05) is 31.3 Å². The fourth-order valence-corrected chi connectivity index (χ4v) is 3.60. The largest absolute Gasteiger partial charge is 0.361 e. The van der Waals surface area contributed by atoms with Crippen molar-refractivity contribution in [3.63, 3.8) is 0 Å². The number of carbonyl (C=O) groups is 1. The highest BCUT2D eigenvalue weighted by atomic mass is 35.5. The van der Waals surface area contributed by atoms with Crippen molar-refractivity contribution in [3.8, 4) is 0 Å². The fourth-order valence-electron chi connectivity index (χ4n) is 2.46. The summed E-state index contributed by atoms with van der Waals surface area (Å²) in [5.74, 6) is -0.183.